The molecule has 3 aromatic carbocycles. The fourth-order valence-electron chi connectivity index (χ4n) is 6.31. The first-order valence-electron chi connectivity index (χ1n) is 15.6. The van der Waals surface area contributed by atoms with E-state index in [1.54, 1.807) is 18.3 Å². The predicted octanol–water partition coefficient (Wildman–Crippen LogP) is 8.85. The topological polar surface area (TPSA) is 32.3 Å². The summed E-state index contributed by atoms with van der Waals surface area (Å²) in [6.07, 6.45) is 5.90. The van der Waals surface area contributed by atoms with Crippen LogP contribution >= 0.6 is 0 Å². The quantitative estimate of drug-likeness (QED) is 0.182. The number of hydrogen-bond acceptors (Lipinski definition) is 4. The maximum absolute atomic E-state index is 14.4. The molecule has 0 amide bonds. The molecule has 1 aliphatic rings. The SMILES string of the molecule is Cc1ccc(N(Cc2ccnc(-c3cc(C)c(C)c(C)c3)c2)C2CCN(Cc3ccnc(-c4ccccc4F)c3)CC2)cc1. The van der Waals surface area contributed by atoms with Crippen molar-refractivity contribution >= 4 is 5.69 Å². The summed E-state index contributed by atoms with van der Waals surface area (Å²) in [6.45, 7) is 12.4. The second kappa shape index (κ2) is 13.1. The lowest BCUT2D eigenvalue weighted by molar-refractivity contribution is 0.201. The van der Waals surface area contributed by atoms with Gasteiger partial charge in [0.15, 0.2) is 0 Å². The Bertz CT molecular complexity index is 1720. The third-order valence-corrected chi connectivity index (χ3v) is 9.14. The zero-order valence-corrected chi connectivity index (χ0v) is 26.2. The van der Waals surface area contributed by atoms with Crippen molar-refractivity contribution in [2.75, 3.05) is 18.0 Å². The van der Waals surface area contributed by atoms with E-state index in [1.165, 1.54) is 45.1 Å². The molecule has 3 heterocycles. The van der Waals surface area contributed by atoms with Gasteiger partial charge < -0.3 is 4.90 Å². The van der Waals surface area contributed by atoms with E-state index < -0.39 is 0 Å². The van der Waals surface area contributed by atoms with Gasteiger partial charge in [0.25, 0.3) is 0 Å². The second-order valence-electron chi connectivity index (χ2n) is 12.3. The van der Waals surface area contributed by atoms with Crippen LogP contribution in [0.1, 0.15) is 46.2 Å². The van der Waals surface area contributed by atoms with E-state index in [2.05, 4.69) is 91.0 Å². The summed E-state index contributed by atoms with van der Waals surface area (Å²) in [5.41, 5.74) is 12.4. The van der Waals surface area contributed by atoms with Gasteiger partial charge in [-0.3, -0.25) is 14.9 Å². The van der Waals surface area contributed by atoms with Crippen molar-refractivity contribution in [2.24, 2.45) is 0 Å². The van der Waals surface area contributed by atoms with E-state index in [4.69, 9.17) is 4.98 Å². The second-order valence-corrected chi connectivity index (χ2v) is 12.3. The number of halogens is 1. The molecule has 44 heavy (non-hydrogen) atoms. The van der Waals surface area contributed by atoms with Crippen LogP contribution in [0.4, 0.5) is 10.1 Å². The molecule has 0 atom stereocenters. The van der Waals surface area contributed by atoms with Crippen molar-refractivity contribution in [3.63, 3.8) is 0 Å². The number of benzene rings is 3. The van der Waals surface area contributed by atoms with Gasteiger partial charge in [0.05, 0.1) is 11.4 Å². The van der Waals surface area contributed by atoms with Crippen molar-refractivity contribution in [3.8, 4) is 22.5 Å². The molecule has 1 saturated heterocycles. The molecule has 5 aromatic rings. The lowest BCUT2D eigenvalue weighted by Gasteiger charge is -2.40. The van der Waals surface area contributed by atoms with Crippen molar-refractivity contribution < 1.29 is 4.39 Å². The molecule has 5 heteroatoms. The maximum atomic E-state index is 14.4. The number of aromatic nitrogens is 2. The van der Waals surface area contributed by atoms with Crippen LogP contribution < -0.4 is 4.90 Å². The summed E-state index contributed by atoms with van der Waals surface area (Å²) in [7, 11) is 0. The van der Waals surface area contributed by atoms with Crippen molar-refractivity contribution in [1.29, 1.82) is 0 Å². The van der Waals surface area contributed by atoms with E-state index in [-0.39, 0.29) is 5.82 Å². The minimum atomic E-state index is -0.237. The maximum Gasteiger partial charge on any atom is 0.132 e. The minimum absolute atomic E-state index is 0.237. The van der Waals surface area contributed by atoms with Gasteiger partial charge in [-0.2, -0.15) is 0 Å². The number of rotatable bonds is 8. The first kappa shape index (κ1) is 29.7. The number of hydrogen-bond donors (Lipinski definition) is 0. The van der Waals surface area contributed by atoms with Crippen LogP contribution in [-0.4, -0.2) is 34.0 Å². The molecule has 6 rings (SSSR count). The number of piperidine rings is 1. The Hall–Kier alpha value is -4.35. The summed E-state index contributed by atoms with van der Waals surface area (Å²) >= 11 is 0. The van der Waals surface area contributed by atoms with Crippen LogP contribution in [-0.2, 0) is 13.1 Å². The fraction of sp³-hybridized carbons (Fsp3) is 0.282. The highest BCUT2D eigenvalue weighted by molar-refractivity contribution is 5.64. The number of anilines is 1. The molecule has 0 bridgehead atoms. The lowest BCUT2D eigenvalue weighted by atomic mass is 9.97. The molecular formula is C39H41FN4. The highest BCUT2D eigenvalue weighted by Gasteiger charge is 2.26. The van der Waals surface area contributed by atoms with Crippen LogP contribution in [0.2, 0.25) is 0 Å². The smallest absolute Gasteiger partial charge is 0.132 e. The highest BCUT2D eigenvalue weighted by Crippen LogP contribution is 2.29. The molecule has 4 nitrogen and oxygen atoms in total. The molecule has 1 fully saturated rings. The molecule has 1 aliphatic heterocycles. The zero-order valence-electron chi connectivity index (χ0n) is 26.2. The van der Waals surface area contributed by atoms with Crippen LogP contribution in [0.15, 0.2) is 97.3 Å². The third kappa shape index (κ3) is 6.74. The van der Waals surface area contributed by atoms with Gasteiger partial charge in [-0.05, 0) is 129 Å². The largest absolute Gasteiger partial charge is 0.364 e. The molecule has 0 aliphatic carbocycles. The van der Waals surface area contributed by atoms with Crippen LogP contribution in [0.5, 0.6) is 0 Å². The summed E-state index contributed by atoms with van der Waals surface area (Å²) in [5, 5.41) is 0. The number of likely N-dealkylation sites (tertiary alicyclic amines) is 1. The molecular weight excluding hydrogens is 543 g/mol. The van der Waals surface area contributed by atoms with E-state index in [0.717, 1.165) is 50.3 Å². The molecule has 224 valence electrons. The third-order valence-electron chi connectivity index (χ3n) is 9.14. The van der Waals surface area contributed by atoms with Gasteiger partial charge in [-0.25, -0.2) is 4.39 Å². The molecule has 2 aromatic heterocycles. The molecule has 0 radical (unpaired) electrons. The monoisotopic (exact) mass is 584 g/mol. The van der Waals surface area contributed by atoms with Crippen LogP contribution in [0, 0.1) is 33.5 Å². The van der Waals surface area contributed by atoms with Gasteiger partial charge in [0, 0.05) is 61.4 Å². The highest BCUT2D eigenvalue weighted by atomic mass is 19.1. The van der Waals surface area contributed by atoms with Crippen LogP contribution in [0.3, 0.4) is 0 Å². The van der Waals surface area contributed by atoms with Gasteiger partial charge in [-0.1, -0.05) is 29.8 Å². The molecule has 0 spiro atoms. The Morgan fingerprint density at radius 3 is 2.09 bits per heavy atom. The van der Waals surface area contributed by atoms with Gasteiger partial charge in [0.1, 0.15) is 5.82 Å². The van der Waals surface area contributed by atoms with Gasteiger partial charge >= 0.3 is 0 Å². The average molecular weight is 585 g/mol. The Kier molecular flexibility index (Phi) is 8.85. The summed E-state index contributed by atoms with van der Waals surface area (Å²) < 4.78 is 14.4. The van der Waals surface area contributed by atoms with E-state index >= 15 is 0 Å². The first-order valence-corrected chi connectivity index (χ1v) is 15.6. The number of pyridine rings is 2. The van der Waals surface area contributed by atoms with Crippen molar-refractivity contribution in [2.45, 2.75) is 59.7 Å². The van der Waals surface area contributed by atoms with Crippen molar-refractivity contribution in [1.82, 2.24) is 14.9 Å². The average Bonchev–Trinajstić information content (AvgIpc) is 3.04. The van der Waals surface area contributed by atoms with Gasteiger partial charge in [0.2, 0.25) is 0 Å². The summed E-state index contributed by atoms with van der Waals surface area (Å²) in [5.74, 6) is -0.237. The van der Waals surface area contributed by atoms with E-state index in [0.29, 0.717) is 17.3 Å². The first-order chi connectivity index (χ1) is 21.3. The fourth-order valence-corrected chi connectivity index (χ4v) is 6.31. The Morgan fingerprint density at radius 1 is 0.750 bits per heavy atom. The van der Waals surface area contributed by atoms with E-state index in [1.807, 2.05) is 24.4 Å². The summed E-state index contributed by atoms with van der Waals surface area (Å²) in [4.78, 5) is 14.3. The Balaban J connectivity index is 1.18. The Labute approximate surface area is 261 Å². The number of nitrogens with zero attached hydrogens (tertiary/aromatic N) is 4. The summed E-state index contributed by atoms with van der Waals surface area (Å²) in [6, 6.07) is 29.2. The van der Waals surface area contributed by atoms with Crippen molar-refractivity contribution in [3.05, 3.63) is 137 Å². The normalized spacial score (nSPS) is 14.1. The Morgan fingerprint density at radius 2 is 1.39 bits per heavy atom. The molecule has 0 saturated carbocycles. The minimum Gasteiger partial charge on any atom is -0.364 e. The zero-order chi connectivity index (χ0) is 30.6. The lowest BCUT2D eigenvalue weighted by Crippen LogP contribution is -2.44. The van der Waals surface area contributed by atoms with Crippen LogP contribution in [0.25, 0.3) is 22.5 Å². The standard InChI is InChI=1S/C39H41FN4/c1-27-9-11-34(12-10-27)44(26-32-14-17-41-38(23-32)33-21-28(2)30(4)29(3)22-33)35-15-19-43(20-16-35)25-31-13-18-42-39(24-31)36-7-5-6-8-37(36)40/h5-14,17-18,21-24,35H,15-16,19-20,25-26H2,1-4H3. The van der Waals surface area contributed by atoms with Gasteiger partial charge in [-0.15, -0.1) is 0 Å². The van der Waals surface area contributed by atoms with E-state index in [9.17, 15) is 4.39 Å². The molecule has 0 unspecified atom stereocenters. The molecule has 0 N–H and O–H groups in total. The predicted molar refractivity (Wildman–Crippen MR) is 179 cm³/mol. The number of aryl methyl sites for hydroxylation is 3.